The fourth-order valence-electron chi connectivity index (χ4n) is 4.76. The van der Waals surface area contributed by atoms with Crippen LogP contribution in [0.1, 0.15) is 61.4 Å². The summed E-state index contributed by atoms with van der Waals surface area (Å²) in [6.07, 6.45) is 5.53. The molecule has 1 aliphatic carbocycles. The SMILES string of the molecule is CCCC(C(=O)NC1CCCC1)N(Cc1ccc2c(c1)OCO2)C(=O)c1ccc(OC)c(OC)c1. The van der Waals surface area contributed by atoms with Gasteiger partial charge in [0.1, 0.15) is 6.04 Å². The van der Waals surface area contributed by atoms with Crippen molar-refractivity contribution in [2.45, 2.75) is 64.1 Å². The van der Waals surface area contributed by atoms with Gasteiger partial charge < -0.3 is 29.2 Å². The highest BCUT2D eigenvalue weighted by atomic mass is 16.7. The highest BCUT2D eigenvalue weighted by Crippen LogP contribution is 2.34. The Kier molecular flexibility index (Phi) is 8.00. The van der Waals surface area contributed by atoms with E-state index in [2.05, 4.69) is 5.32 Å². The first-order valence-electron chi connectivity index (χ1n) is 12.3. The molecule has 188 valence electrons. The lowest BCUT2D eigenvalue weighted by atomic mass is 10.0. The number of methoxy groups -OCH3 is 2. The van der Waals surface area contributed by atoms with E-state index in [1.165, 1.54) is 7.11 Å². The molecule has 2 aliphatic rings. The third-order valence-corrected chi connectivity index (χ3v) is 6.62. The van der Waals surface area contributed by atoms with Crippen molar-refractivity contribution in [3.8, 4) is 23.0 Å². The smallest absolute Gasteiger partial charge is 0.254 e. The van der Waals surface area contributed by atoms with E-state index in [1.54, 1.807) is 30.2 Å². The molecule has 1 N–H and O–H groups in total. The molecule has 1 fully saturated rings. The van der Waals surface area contributed by atoms with Crippen molar-refractivity contribution in [3.63, 3.8) is 0 Å². The van der Waals surface area contributed by atoms with Crippen molar-refractivity contribution in [2.75, 3.05) is 21.0 Å². The molecule has 2 aromatic carbocycles. The predicted molar refractivity (Wildman–Crippen MR) is 131 cm³/mol. The van der Waals surface area contributed by atoms with Crippen LogP contribution in [0.3, 0.4) is 0 Å². The van der Waals surface area contributed by atoms with Gasteiger partial charge >= 0.3 is 0 Å². The second kappa shape index (κ2) is 11.3. The highest BCUT2D eigenvalue weighted by molar-refractivity contribution is 5.98. The number of benzene rings is 2. The number of rotatable bonds is 10. The van der Waals surface area contributed by atoms with Crippen molar-refractivity contribution in [3.05, 3.63) is 47.5 Å². The molecule has 0 saturated heterocycles. The maximum atomic E-state index is 13.9. The zero-order chi connectivity index (χ0) is 24.8. The molecule has 0 radical (unpaired) electrons. The van der Waals surface area contributed by atoms with Gasteiger partial charge in [0.05, 0.1) is 14.2 Å². The minimum Gasteiger partial charge on any atom is -0.493 e. The van der Waals surface area contributed by atoms with E-state index in [9.17, 15) is 9.59 Å². The van der Waals surface area contributed by atoms with Gasteiger partial charge in [-0.25, -0.2) is 0 Å². The maximum absolute atomic E-state index is 13.9. The summed E-state index contributed by atoms with van der Waals surface area (Å²) >= 11 is 0. The van der Waals surface area contributed by atoms with Gasteiger partial charge in [-0.1, -0.05) is 32.3 Å². The second-order valence-electron chi connectivity index (χ2n) is 8.98. The minimum absolute atomic E-state index is 0.103. The van der Waals surface area contributed by atoms with Crippen molar-refractivity contribution >= 4 is 11.8 Å². The van der Waals surface area contributed by atoms with Crippen LogP contribution in [-0.2, 0) is 11.3 Å². The average molecular weight is 483 g/mol. The van der Waals surface area contributed by atoms with E-state index >= 15 is 0 Å². The number of nitrogens with one attached hydrogen (secondary N) is 1. The highest BCUT2D eigenvalue weighted by Gasteiger charge is 2.32. The zero-order valence-electron chi connectivity index (χ0n) is 20.7. The number of amides is 2. The summed E-state index contributed by atoms with van der Waals surface area (Å²) in [5.41, 5.74) is 1.29. The zero-order valence-corrected chi connectivity index (χ0v) is 20.7. The van der Waals surface area contributed by atoms with Crippen LogP contribution in [-0.4, -0.2) is 49.8 Å². The molecule has 2 amide bonds. The molecule has 1 aliphatic heterocycles. The van der Waals surface area contributed by atoms with Gasteiger partial charge in [0.25, 0.3) is 5.91 Å². The van der Waals surface area contributed by atoms with Crippen molar-refractivity contribution in [1.29, 1.82) is 0 Å². The number of carbonyl (C=O) groups is 2. The van der Waals surface area contributed by atoms with Crippen LogP contribution < -0.4 is 24.3 Å². The van der Waals surface area contributed by atoms with Gasteiger partial charge in [0.2, 0.25) is 12.7 Å². The fraction of sp³-hybridized carbons (Fsp3) is 0.481. The number of hydrogen-bond acceptors (Lipinski definition) is 6. The predicted octanol–water partition coefficient (Wildman–Crippen LogP) is 4.30. The monoisotopic (exact) mass is 482 g/mol. The summed E-state index contributed by atoms with van der Waals surface area (Å²) in [6.45, 7) is 2.46. The summed E-state index contributed by atoms with van der Waals surface area (Å²) in [5.74, 6) is 1.97. The number of ether oxygens (including phenoxy) is 4. The van der Waals surface area contributed by atoms with Crippen LogP contribution in [0.25, 0.3) is 0 Å². The van der Waals surface area contributed by atoms with Gasteiger partial charge in [-0.3, -0.25) is 9.59 Å². The van der Waals surface area contributed by atoms with E-state index in [0.717, 1.165) is 37.7 Å². The van der Waals surface area contributed by atoms with Crippen molar-refractivity contribution in [1.82, 2.24) is 10.2 Å². The second-order valence-corrected chi connectivity index (χ2v) is 8.98. The molecular formula is C27H34N2O6. The Bertz CT molecular complexity index is 1050. The lowest BCUT2D eigenvalue weighted by Gasteiger charge is -2.32. The van der Waals surface area contributed by atoms with Crippen LogP contribution in [0.2, 0.25) is 0 Å². The molecule has 35 heavy (non-hydrogen) atoms. The van der Waals surface area contributed by atoms with Crippen LogP contribution in [0, 0.1) is 0 Å². The van der Waals surface area contributed by atoms with E-state index < -0.39 is 6.04 Å². The Morgan fingerprint density at radius 1 is 1.03 bits per heavy atom. The first-order valence-corrected chi connectivity index (χ1v) is 12.3. The lowest BCUT2D eigenvalue weighted by molar-refractivity contribution is -0.126. The third kappa shape index (κ3) is 5.63. The number of carbonyl (C=O) groups excluding carboxylic acids is 2. The Morgan fingerprint density at radius 2 is 1.77 bits per heavy atom. The summed E-state index contributed by atoms with van der Waals surface area (Å²) in [4.78, 5) is 29.0. The summed E-state index contributed by atoms with van der Waals surface area (Å²) < 4.78 is 21.7. The Balaban J connectivity index is 1.66. The summed E-state index contributed by atoms with van der Waals surface area (Å²) in [5, 5.41) is 3.20. The molecule has 1 heterocycles. The van der Waals surface area contributed by atoms with Crippen LogP contribution >= 0.6 is 0 Å². The summed E-state index contributed by atoms with van der Waals surface area (Å²) in [6, 6.07) is 10.2. The molecular weight excluding hydrogens is 448 g/mol. The first-order chi connectivity index (χ1) is 17.0. The van der Waals surface area contributed by atoms with E-state index in [-0.39, 0.29) is 31.2 Å². The summed E-state index contributed by atoms with van der Waals surface area (Å²) in [7, 11) is 3.08. The van der Waals surface area contributed by atoms with Crippen molar-refractivity contribution < 1.29 is 28.5 Å². The number of nitrogens with zero attached hydrogens (tertiary/aromatic N) is 1. The van der Waals surface area contributed by atoms with E-state index in [4.69, 9.17) is 18.9 Å². The van der Waals surface area contributed by atoms with Crippen LogP contribution in [0.5, 0.6) is 23.0 Å². The average Bonchev–Trinajstić information content (AvgIpc) is 3.57. The number of hydrogen-bond donors (Lipinski definition) is 1. The minimum atomic E-state index is -0.605. The Morgan fingerprint density at radius 3 is 2.49 bits per heavy atom. The Labute approximate surface area is 206 Å². The van der Waals surface area contributed by atoms with Crippen LogP contribution in [0.15, 0.2) is 36.4 Å². The van der Waals surface area contributed by atoms with Gasteiger partial charge in [-0.05, 0) is 55.2 Å². The third-order valence-electron chi connectivity index (χ3n) is 6.62. The fourth-order valence-corrected chi connectivity index (χ4v) is 4.76. The molecule has 8 heteroatoms. The normalized spacial score (nSPS) is 15.5. The molecule has 0 spiro atoms. The molecule has 8 nitrogen and oxygen atoms in total. The van der Waals surface area contributed by atoms with E-state index in [0.29, 0.717) is 35.0 Å². The molecule has 4 rings (SSSR count). The van der Waals surface area contributed by atoms with Crippen molar-refractivity contribution in [2.24, 2.45) is 0 Å². The van der Waals surface area contributed by atoms with Gasteiger partial charge in [-0.15, -0.1) is 0 Å². The van der Waals surface area contributed by atoms with Gasteiger partial charge in [-0.2, -0.15) is 0 Å². The van der Waals surface area contributed by atoms with Gasteiger partial charge in [0.15, 0.2) is 23.0 Å². The topological polar surface area (TPSA) is 86.3 Å². The molecule has 2 aromatic rings. The quantitative estimate of drug-likeness (QED) is 0.543. The van der Waals surface area contributed by atoms with Crippen LogP contribution in [0.4, 0.5) is 0 Å². The lowest BCUT2D eigenvalue weighted by Crippen LogP contribution is -2.51. The molecule has 0 aromatic heterocycles. The number of fused-ring (bicyclic) bond motifs is 1. The molecule has 1 atom stereocenters. The maximum Gasteiger partial charge on any atom is 0.254 e. The van der Waals surface area contributed by atoms with E-state index in [1.807, 2.05) is 25.1 Å². The standard InChI is InChI=1S/C27H34N2O6/c1-4-7-21(26(30)28-20-8-5-6-9-20)29(16-18-10-12-23-25(14-18)35-17-34-23)27(31)19-11-13-22(32-2)24(15-19)33-3/h10-15,20-21H,4-9,16-17H2,1-3H3,(H,28,30). The molecule has 1 unspecified atom stereocenters. The largest absolute Gasteiger partial charge is 0.493 e. The molecule has 1 saturated carbocycles. The molecule has 0 bridgehead atoms. The first kappa shape index (κ1) is 24.7. The Hall–Kier alpha value is -3.42. The van der Waals surface area contributed by atoms with Gasteiger partial charge in [0, 0.05) is 18.2 Å².